The first-order valence-corrected chi connectivity index (χ1v) is 7.18. The van der Waals surface area contributed by atoms with Crippen LogP contribution in [-0.4, -0.2) is 19.0 Å². The molecule has 2 N–H and O–H groups in total. The van der Waals surface area contributed by atoms with E-state index in [1.807, 2.05) is 33.0 Å². The molecule has 2 atom stereocenters. The number of nitrogens with one attached hydrogen (secondary N) is 2. The second-order valence-electron chi connectivity index (χ2n) is 5.44. The molecule has 0 saturated carbocycles. The Hall–Kier alpha value is -2.58. The second-order valence-corrected chi connectivity index (χ2v) is 5.44. The Bertz CT molecular complexity index is 683. The SMILES string of the molecule is Cc1ccc(C[NH+](C)[C@H](C)C(=O)Nc2ccc(C#N)cc2)o1. The number of rotatable bonds is 5. The molecule has 0 fully saturated rings. The highest BCUT2D eigenvalue weighted by Gasteiger charge is 2.22. The van der Waals surface area contributed by atoms with Crippen molar-refractivity contribution in [3.05, 3.63) is 53.5 Å². The van der Waals surface area contributed by atoms with Crippen LogP contribution in [0.4, 0.5) is 5.69 Å². The fourth-order valence-corrected chi connectivity index (χ4v) is 2.11. The molecule has 114 valence electrons. The summed E-state index contributed by atoms with van der Waals surface area (Å²) < 4.78 is 5.54. The lowest BCUT2D eigenvalue weighted by atomic mass is 10.2. The van der Waals surface area contributed by atoms with Crippen LogP contribution in [0.3, 0.4) is 0 Å². The summed E-state index contributed by atoms with van der Waals surface area (Å²) in [5, 5.41) is 11.6. The summed E-state index contributed by atoms with van der Waals surface area (Å²) >= 11 is 0. The van der Waals surface area contributed by atoms with Crippen LogP contribution >= 0.6 is 0 Å². The summed E-state index contributed by atoms with van der Waals surface area (Å²) in [6.07, 6.45) is 0. The lowest BCUT2D eigenvalue weighted by Crippen LogP contribution is -3.12. The van der Waals surface area contributed by atoms with Crippen molar-refractivity contribution in [2.45, 2.75) is 26.4 Å². The van der Waals surface area contributed by atoms with E-state index in [1.54, 1.807) is 24.3 Å². The molecule has 0 saturated heterocycles. The molecule has 22 heavy (non-hydrogen) atoms. The van der Waals surface area contributed by atoms with Gasteiger partial charge in [-0.1, -0.05) is 0 Å². The number of nitriles is 1. The van der Waals surface area contributed by atoms with Crippen LogP contribution in [-0.2, 0) is 11.3 Å². The van der Waals surface area contributed by atoms with Gasteiger partial charge in [-0.3, -0.25) is 4.79 Å². The van der Waals surface area contributed by atoms with Crippen LogP contribution < -0.4 is 10.2 Å². The molecular formula is C17H20N3O2+. The first-order chi connectivity index (χ1) is 10.5. The quantitative estimate of drug-likeness (QED) is 0.879. The van der Waals surface area contributed by atoms with Gasteiger partial charge >= 0.3 is 0 Å². The van der Waals surface area contributed by atoms with E-state index in [1.165, 1.54) is 0 Å². The molecule has 0 radical (unpaired) electrons. The van der Waals surface area contributed by atoms with Gasteiger partial charge in [0.15, 0.2) is 11.8 Å². The number of benzene rings is 1. The zero-order valence-corrected chi connectivity index (χ0v) is 13.0. The molecule has 1 aromatic heterocycles. The highest BCUT2D eigenvalue weighted by Crippen LogP contribution is 2.09. The molecule has 5 nitrogen and oxygen atoms in total. The topological polar surface area (TPSA) is 70.5 Å². The number of aryl methyl sites for hydroxylation is 1. The third-order valence-corrected chi connectivity index (χ3v) is 3.66. The monoisotopic (exact) mass is 298 g/mol. The first-order valence-electron chi connectivity index (χ1n) is 7.18. The zero-order valence-electron chi connectivity index (χ0n) is 13.0. The molecule has 2 aromatic rings. The van der Waals surface area contributed by atoms with E-state index in [0.717, 1.165) is 16.4 Å². The number of hydrogen-bond acceptors (Lipinski definition) is 3. The highest BCUT2D eigenvalue weighted by molar-refractivity contribution is 5.93. The van der Waals surface area contributed by atoms with Gasteiger partial charge in [0.1, 0.15) is 12.3 Å². The third-order valence-electron chi connectivity index (χ3n) is 3.66. The minimum Gasteiger partial charge on any atom is -0.460 e. The van der Waals surface area contributed by atoms with Crippen molar-refractivity contribution >= 4 is 11.6 Å². The smallest absolute Gasteiger partial charge is 0.282 e. The van der Waals surface area contributed by atoms with Gasteiger partial charge in [-0.15, -0.1) is 0 Å². The van der Waals surface area contributed by atoms with E-state index < -0.39 is 0 Å². The zero-order chi connectivity index (χ0) is 16.1. The lowest BCUT2D eigenvalue weighted by Gasteiger charge is -2.20. The molecule has 5 heteroatoms. The highest BCUT2D eigenvalue weighted by atomic mass is 16.3. The summed E-state index contributed by atoms with van der Waals surface area (Å²) in [5.74, 6) is 1.68. The van der Waals surface area contributed by atoms with Gasteiger partial charge in [0.25, 0.3) is 5.91 Å². The molecule has 0 aliphatic heterocycles. The Morgan fingerprint density at radius 1 is 1.32 bits per heavy atom. The van der Waals surface area contributed by atoms with Crippen LogP contribution in [0, 0.1) is 18.3 Å². The Labute approximate surface area is 130 Å². The summed E-state index contributed by atoms with van der Waals surface area (Å²) in [7, 11) is 1.96. The Balaban J connectivity index is 1.94. The van der Waals surface area contributed by atoms with Crippen molar-refractivity contribution in [3.8, 4) is 6.07 Å². The number of amides is 1. The third kappa shape index (κ3) is 3.96. The van der Waals surface area contributed by atoms with Crippen LogP contribution in [0.1, 0.15) is 24.0 Å². The predicted molar refractivity (Wildman–Crippen MR) is 83.3 cm³/mol. The van der Waals surface area contributed by atoms with Crippen molar-refractivity contribution in [2.75, 3.05) is 12.4 Å². The van der Waals surface area contributed by atoms with E-state index >= 15 is 0 Å². The van der Waals surface area contributed by atoms with E-state index in [9.17, 15) is 4.79 Å². The minimum absolute atomic E-state index is 0.0644. The molecule has 0 aliphatic carbocycles. The van der Waals surface area contributed by atoms with Crippen LogP contribution in [0.5, 0.6) is 0 Å². The van der Waals surface area contributed by atoms with Crippen molar-refractivity contribution < 1.29 is 14.1 Å². The number of hydrogen-bond donors (Lipinski definition) is 2. The van der Waals surface area contributed by atoms with Gasteiger partial charge in [0, 0.05) is 5.69 Å². The minimum atomic E-state index is -0.221. The number of likely N-dealkylation sites (N-methyl/N-ethyl adjacent to an activating group) is 1. The maximum Gasteiger partial charge on any atom is 0.282 e. The van der Waals surface area contributed by atoms with E-state index in [4.69, 9.17) is 9.68 Å². The summed E-state index contributed by atoms with van der Waals surface area (Å²) in [6, 6.07) is 12.5. The summed E-state index contributed by atoms with van der Waals surface area (Å²) in [6.45, 7) is 4.43. The fraction of sp³-hybridized carbons (Fsp3) is 0.294. The second kappa shape index (κ2) is 6.92. The number of furan rings is 1. The summed E-state index contributed by atoms with van der Waals surface area (Å²) in [4.78, 5) is 13.3. The van der Waals surface area contributed by atoms with E-state index in [0.29, 0.717) is 17.8 Å². The molecule has 2 rings (SSSR count). The number of nitrogens with zero attached hydrogens (tertiary/aromatic N) is 1. The number of carbonyl (C=O) groups is 1. The number of quaternary nitrogens is 1. The van der Waals surface area contributed by atoms with Gasteiger partial charge in [-0.05, 0) is 50.2 Å². The van der Waals surface area contributed by atoms with E-state index in [2.05, 4.69) is 11.4 Å². The van der Waals surface area contributed by atoms with Crippen LogP contribution in [0.15, 0.2) is 40.8 Å². The molecule has 1 unspecified atom stereocenters. The Morgan fingerprint density at radius 2 is 2.00 bits per heavy atom. The molecule has 0 spiro atoms. The van der Waals surface area contributed by atoms with Crippen molar-refractivity contribution in [2.24, 2.45) is 0 Å². The number of carbonyl (C=O) groups excluding carboxylic acids is 1. The first kappa shape index (κ1) is 15.8. The lowest BCUT2D eigenvalue weighted by molar-refractivity contribution is -0.908. The van der Waals surface area contributed by atoms with Gasteiger partial charge in [0.2, 0.25) is 0 Å². The van der Waals surface area contributed by atoms with Crippen molar-refractivity contribution in [1.82, 2.24) is 0 Å². The van der Waals surface area contributed by atoms with Gasteiger partial charge in [0.05, 0.1) is 18.7 Å². The van der Waals surface area contributed by atoms with Crippen molar-refractivity contribution in [3.63, 3.8) is 0 Å². The maximum absolute atomic E-state index is 12.3. The van der Waals surface area contributed by atoms with E-state index in [-0.39, 0.29) is 11.9 Å². The van der Waals surface area contributed by atoms with Gasteiger partial charge < -0.3 is 14.6 Å². The van der Waals surface area contributed by atoms with Crippen LogP contribution in [0.2, 0.25) is 0 Å². The largest absolute Gasteiger partial charge is 0.460 e. The Kier molecular flexibility index (Phi) is 4.97. The maximum atomic E-state index is 12.3. The van der Waals surface area contributed by atoms with Crippen molar-refractivity contribution in [1.29, 1.82) is 5.26 Å². The molecule has 1 heterocycles. The molecular weight excluding hydrogens is 278 g/mol. The van der Waals surface area contributed by atoms with Gasteiger partial charge in [-0.25, -0.2) is 0 Å². The summed E-state index contributed by atoms with van der Waals surface area (Å²) in [5.41, 5.74) is 1.26. The molecule has 0 bridgehead atoms. The fourth-order valence-electron chi connectivity index (χ4n) is 2.11. The molecule has 1 amide bonds. The number of anilines is 1. The normalized spacial score (nSPS) is 13.2. The standard InChI is InChI=1S/C17H19N3O2/c1-12-4-9-16(22-12)11-20(3)13(2)17(21)19-15-7-5-14(10-18)6-8-15/h4-9,13H,11H2,1-3H3,(H,19,21)/p+1/t13-/m1/s1. The average molecular weight is 298 g/mol. The molecule has 0 aliphatic rings. The predicted octanol–water partition coefficient (Wildman–Crippen LogP) is 1.50. The Morgan fingerprint density at radius 3 is 2.55 bits per heavy atom. The van der Waals surface area contributed by atoms with Crippen LogP contribution in [0.25, 0.3) is 0 Å². The molecule has 1 aromatic carbocycles. The average Bonchev–Trinajstić information content (AvgIpc) is 2.92. The van der Waals surface area contributed by atoms with Gasteiger partial charge in [-0.2, -0.15) is 5.26 Å².